The average Bonchev–Trinajstić information content (AvgIpc) is 2.96. The lowest BCUT2D eigenvalue weighted by molar-refractivity contribution is -0.138. The maximum absolute atomic E-state index is 13.6. The van der Waals surface area contributed by atoms with E-state index in [0.717, 1.165) is 74.1 Å². The van der Waals surface area contributed by atoms with Crippen molar-refractivity contribution >= 4 is 17.6 Å². The maximum atomic E-state index is 13.6. The number of rotatable bonds is 15. The Labute approximate surface area is 252 Å². The third kappa shape index (κ3) is 10.1. The summed E-state index contributed by atoms with van der Waals surface area (Å²) in [7, 11) is 0. The van der Waals surface area contributed by atoms with Gasteiger partial charge in [0, 0.05) is 55.0 Å². The Morgan fingerprint density at radius 2 is 1.88 bits per heavy atom. The number of benzene rings is 1. The van der Waals surface area contributed by atoms with Gasteiger partial charge in [-0.25, -0.2) is 28.5 Å². The molecule has 0 amide bonds. The van der Waals surface area contributed by atoms with Gasteiger partial charge in [-0.2, -0.15) is 0 Å². The molecule has 2 aromatic heterocycles. The molecule has 1 aromatic carbocycles. The van der Waals surface area contributed by atoms with Crippen molar-refractivity contribution in [2.75, 3.05) is 43.4 Å². The fraction of sp³-hybridized carbons (Fsp3) is 0.500. The van der Waals surface area contributed by atoms with E-state index in [0.29, 0.717) is 31.9 Å². The quantitative estimate of drug-likeness (QED) is 0.197. The topological polar surface area (TPSA) is 113 Å². The van der Waals surface area contributed by atoms with E-state index >= 15 is 0 Å². The summed E-state index contributed by atoms with van der Waals surface area (Å²) in [4.78, 5) is 27.6. The summed E-state index contributed by atoms with van der Waals surface area (Å²) in [5.41, 5.74) is 2.92. The summed E-state index contributed by atoms with van der Waals surface area (Å²) in [6, 6.07) is 8.26. The Hall–Kier alpha value is -3.86. The first kappa shape index (κ1) is 32.1. The molecule has 1 aliphatic rings. The fourth-order valence-corrected chi connectivity index (χ4v) is 4.98. The first-order valence-corrected chi connectivity index (χ1v) is 14.9. The molecule has 11 heteroatoms. The minimum absolute atomic E-state index is 0.119. The summed E-state index contributed by atoms with van der Waals surface area (Å²) in [6.07, 6.45) is 6.55. The summed E-state index contributed by atoms with van der Waals surface area (Å²) in [6.45, 7) is 8.89. The number of aromatic nitrogens is 3. The lowest BCUT2D eigenvalue weighted by atomic mass is 9.92. The van der Waals surface area contributed by atoms with Crippen LogP contribution in [0.3, 0.4) is 0 Å². The van der Waals surface area contributed by atoms with Gasteiger partial charge in [-0.1, -0.05) is 26.8 Å². The summed E-state index contributed by atoms with van der Waals surface area (Å²) >= 11 is 0. The zero-order valence-electron chi connectivity index (χ0n) is 25.2. The van der Waals surface area contributed by atoms with E-state index in [-0.39, 0.29) is 17.8 Å². The van der Waals surface area contributed by atoms with Gasteiger partial charge in [-0.15, -0.1) is 0 Å². The van der Waals surface area contributed by atoms with E-state index in [1.807, 2.05) is 20.8 Å². The number of halogens is 2. The molecule has 9 nitrogen and oxygen atoms in total. The number of anilines is 2. The van der Waals surface area contributed by atoms with E-state index in [2.05, 4.69) is 37.6 Å². The van der Waals surface area contributed by atoms with Crippen LogP contribution in [-0.2, 0) is 23.1 Å². The molecule has 0 radical (unpaired) electrons. The first-order chi connectivity index (χ1) is 20.6. The molecular weight excluding hydrogens is 554 g/mol. The number of unbranched alkanes of at least 4 members (excludes halogenated alkanes) is 1. The number of nitrogens with one attached hydrogen (secondary N) is 2. The number of fused-ring (bicyclic) bond motifs is 1. The lowest BCUT2D eigenvalue weighted by Gasteiger charge is -2.25. The van der Waals surface area contributed by atoms with Crippen molar-refractivity contribution in [3.05, 3.63) is 71.3 Å². The van der Waals surface area contributed by atoms with Gasteiger partial charge < -0.3 is 20.5 Å². The van der Waals surface area contributed by atoms with Crippen LogP contribution < -0.4 is 15.4 Å². The van der Waals surface area contributed by atoms with Gasteiger partial charge in [0.05, 0.1) is 5.69 Å². The number of hydrogen-bond donors (Lipinski definition) is 3. The molecule has 0 spiro atoms. The molecule has 43 heavy (non-hydrogen) atoms. The van der Waals surface area contributed by atoms with Gasteiger partial charge in [-0.3, -0.25) is 4.90 Å². The molecule has 232 valence electrons. The van der Waals surface area contributed by atoms with Crippen molar-refractivity contribution in [3.63, 3.8) is 0 Å². The Morgan fingerprint density at radius 1 is 1.09 bits per heavy atom. The second kappa shape index (κ2) is 15.0. The van der Waals surface area contributed by atoms with Crippen LogP contribution in [0.15, 0.2) is 42.7 Å². The third-order valence-electron chi connectivity index (χ3n) is 7.41. The van der Waals surface area contributed by atoms with Crippen molar-refractivity contribution in [3.8, 4) is 5.75 Å². The number of carboxylic acids is 1. The standard InChI is InChI=1S/C32H42F2N6O3/c1-32(2,3)28-20-29(37-21-36-28)39-27(31(41)42)11-14-40(15-16-43-26-18-23(33)17-24(34)19-26)13-5-4-8-25-10-9-22-7-6-12-35-30(22)38-25/h9-10,17-21,27H,4-8,11-16H2,1-3H3,(H,35,38)(H,41,42)(H,36,37,39)/t27-/m0/s1. The van der Waals surface area contributed by atoms with E-state index < -0.39 is 23.6 Å². The highest BCUT2D eigenvalue weighted by Gasteiger charge is 2.22. The van der Waals surface area contributed by atoms with Gasteiger partial charge in [0.1, 0.15) is 48.0 Å². The Kier molecular flexibility index (Phi) is 11.2. The van der Waals surface area contributed by atoms with E-state index in [9.17, 15) is 18.7 Å². The maximum Gasteiger partial charge on any atom is 0.326 e. The Balaban J connectivity index is 1.34. The molecule has 0 unspecified atom stereocenters. The van der Waals surface area contributed by atoms with Gasteiger partial charge in [0.25, 0.3) is 0 Å². The molecule has 1 atom stereocenters. The number of hydrogen-bond acceptors (Lipinski definition) is 8. The molecule has 3 heterocycles. The van der Waals surface area contributed by atoms with Crippen LogP contribution >= 0.6 is 0 Å². The smallest absolute Gasteiger partial charge is 0.326 e. The zero-order valence-corrected chi connectivity index (χ0v) is 25.2. The van der Waals surface area contributed by atoms with Gasteiger partial charge >= 0.3 is 5.97 Å². The van der Waals surface area contributed by atoms with Crippen LogP contribution in [-0.4, -0.2) is 69.8 Å². The molecule has 0 bridgehead atoms. The van der Waals surface area contributed by atoms with Crippen LogP contribution in [0.4, 0.5) is 20.4 Å². The highest BCUT2D eigenvalue weighted by molar-refractivity contribution is 5.76. The normalized spacial score (nSPS) is 13.7. The number of carboxylic acid groups (broad SMARTS) is 1. The summed E-state index contributed by atoms with van der Waals surface area (Å²) in [5, 5.41) is 16.4. The SMILES string of the molecule is CC(C)(C)c1cc(N[C@@H](CCN(CCCCc2ccc3c(n2)NCCC3)CCOc2cc(F)cc(F)c2)C(=O)O)ncn1. The Morgan fingerprint density at radius 3 is 2.63 bits per heavy atom. The monoisotopic (exact) mass is 596 g/mol. The second-order valence-electron chi connectivity index (χ2n) is 12.0. The highest BCUT2D eigenvalue weighted by atomic mass is 19.1. The van der Waals surface area contributed by atoms with Crippen LogP contribution in [0.25, 0.3) is 0 Å². The molecule has 4 rings (SSSR count). The van der Waals surface area contributed by atoms with Gasteiger partial charge in [0.15, 0.2) is 0 Å². The predicted molar refractivity (Wildman–Crippen MR) is 163 cm³/mol. The third-order valence-corrected chi connectivity index (χ3v) is 7.41. The molecule has 0 saturated carbocycles. The zero-order chi connectivity index (χ0) is 30.8. The second-order valence-corrected chi connectivity index (χ2v) is 12.0. The van der Waals surface area contributed by atoms with Crippen molar-refractivity contribution in [2.45, 2.75) is 70.8 Å². The van der Waals surface area contributed by atoms with E-state index in [1.165, 1.54) is 11.9 Å². The fourth-order valence-electron chi connectivity index (χ4n) is 4.98. The molecule has 3 N–H and O–H groups in total. The molecule has 0 fully saturated rings. The van der Waals surface area contributed by atoms with E-state index in [4.69, 9.17) is 9.72 Å². The Bertz CT molecular complexity index is 1350. The predicted octanol–water partition coefficient (Wildman–Crippen LogP) is 5.46. The van der Waals surface area contributed by atoms with Crippen molar-refractivity contribution < 1.29 is 23.4 Å². The van der Waals surface area contributed by atoms with Crippen molar-refractivity contribution in [2.24, 2.45) is 0 Å². The van der Waals surface area contributed by atoms with Crippen LogP contribution in [0.1, 0.15) is 63.4 Å². The van der Waals surface area contributed by atoms with Gasteiger partial charge in [-0.05, 0) is 56.7 Å². The minimum atomic E-state index is -0.977. The van der Waals surface area contributed by atoms with Crippen LogP contribution in [0.2, 0.25) is 0 Å². The molecule has 0 saturated heterocycles. The molecule has 3 aromatic rings. The highest BCUT2D eigenvalue weighted by Crippen LogP contribution is 2.22. The summed E-state index contributed by atoms with van der Waals surface area (Å²) in [5.74, 6) is -0.813. The number of aliphatic carboxylic acids is 1. The molecular formula is C32H42F2N6O3. The number of ether oxygens (including phenoxy) is 1. The van der Waals surface area contributed by atoms with E-state index in [1.54, 1.807) is 6.07 Å². The first-order valence-electron chi connectivity index (χ1n) is 14.9. The average molecular weight is 597 g/mol. The lowest BCUT2D eigenvalue weighted by Crippen LogP contribution is -2.37. The largest absolute Gasteiger partial charge is 0.492 e. The van der Waals surface area contributed by atoms with Crippen LogP contribution in [0.5, 0.6) is 5.75 Å². The molecule has 0 aliphatic carbocycles. The van der Waals surface area contributed by atoms with Crippen LogP contribution in [0, 0.1) is 11.6 Å². The number of carbonyl (C=O) groups is 1. The van der Waals surface area contributed by atoms with Gasteiger partial charge in [0.2, 0.25) is 0 Å². The number of nitrogens with zero attached hydrogens (tertiary/aromatic N) is 4. The number of aryl methyl sites for hydroxylation is 2. The minimum Gasteiger partial charge on any atom is -0.492 e. The molecule has 1 aliphatic heterocycles. The number of pyridine rings is 1. The summed E-state index contributed by atoms with van der Waals surface area (Å²) < 4.78 is 32.8. The van der Waals surface area contributed by atoms with Crippen molar-refractivity contribution in [1.82, 2.24) is 19.9 Å². The van der Waals surface area contributed by atoms with Crippen molar-refractivity contribution in [1.29, 1.82) is 0 Å².